The molecule has 6 heteroatoms. The molecule has 0 bridgehead atoms. The summed E-state index contributed by atoms with van der Waals surface area (Å²) in [5.74, 6) is 1.99. The van der Waals surface area contributed by atoms with Gasteiger partial charge < -0.3 is 10.5 Å². The van der Waals surface area contributed by atoms with Crippen molar-refractivity contribution in [1.29, 1.82) is 0 Å². The number of hydrogen-bond acceptors (Lipinski definition) is 5. The lowest BCUT2D eigenvalue weighted by molar-refractivity contribution is 0.416. The molecule has 0 aliphatic rings. The average molecular weight is 283 g/mol. The summed E-state index contributed by atoms with van der Waals surface area (Å²) in [6.45, 7) is 4.15. The van der Waals surface area contributed by atoms with Gasteiger partial charge in [-0.1, -0.05) is 32.0 Å². The van der Waals surface area contributed by atoms with E-state index in [2.05, 4.69) is 28.9 Å². The van der Waals surface area contributed by atoms with Crippen molar-refractivity contribution in [2.45, 2.75) is 19.8 Å². The molecule has 0 aliphatic carbocycles. The Hall–Kier alpha value is -2.63. The van der Waals surface area contributed by atoms with Crippen molar-refractivity contribution in [3.8, 4) is 16.9 Å². The van der Waals surface area contributed by atoms with E-state index in [0.29, 0.717) is 11.6 Å². The Morgan fingerprint density at radius 2 is 2.00 bits per heavy atom. The number of hydrogen-bond donors (Lipinski definition) is 1. The van der Waals surface area contributed by atoms with E-state index in [9.17, 15) is 0 Å². The maximum atomic E-state index is 6.32. The lowest BCUT2D eigenvalue weighted by atomic mass is 9.97. The first-order valence-corrected chi connectivity index (χ1v) is 6.76. The van der Waals surface area contributed by atoms with Crippen LogP contribution in [0.3, 0.4) is 0 Å². The van der Waals surface area contributed by atoms with Crippen LogP contribution in [-0.2, 0) is 0 Å². The van der Waals surface area contributed by atoms with E-state index >= 15 is 0 Å². The summed E-state index contributed by atoms with van der Waals surface area (Å²) in [5, 5.41) is 4.14. The van der Waals surface area contributed by atoms with Crippen molar-refractivity contribution in [1.82, 2.24) is 19.6 Å². The molecular weight excluding hydrogens is 266 g/mol. The second-order valence-corrected chi connectivity index (χ2v) is 5.08. The van der Waals surface area contributed by atoms with Crippen molar-refractivity contribution >= 4 is 11.6 Å². The minimum absolute atomic E-state index is 0.203. The highest BCUT2D eigenvalue weighted by Crippen LogP contribution is 2.38. The minimum Gasteiger partial charge on any atom is -0.496 e. The molecule has 6 nitrogen and oxygen atoms in total. The predicted octanol–water partition coefficient (Wildman–Crippen LogP) is 2.51. The molecule has 0 radical (unpaired) electrons. The number of fused-ring (bicyclic) bond motifs is 1. The van der Waals surface area contributed by atoms with Crippen molar-refractivity contribution in [2.24, 2.45) is 0 Å². The number of rotatable bonds is 3. The molecule has 0 saturated carbocycles. The Labute approximate surface area is 122 Å². The Morgan fingerprint density at radius 1 is 1.24 bits per heavy atom. The molecule has 0 unspecified atom stereocenters. The third-order valence-electron chi connectivity index (χ3n) is 3.41. The maximum Gasteiger partial charge on any atom is 0.254 e. The van der Waals surface area contributed by atoms with Gasteiger partial charge in [-0.3, -0.25) is 0 Å². The Kier molecular flexibility index (Phi) is 3.21. The molecule has 2 aromatic heterocycles. The highest BCUT2D eigenvalue weighted by molar-refractivity contribution is 5.81. The van der Waals surface area contributed by atoms with Crippen LogP contribution in [0.25, 0.3) is 16.9 Å². The first kappa shape index (κ1) is 13.4. The summed E-state index contributed by atoms with van der Waals surface area (Å²) in [5.41, 5.74) is 8.97. The number of nitrogens with two attached hydrogens (primary N) is 1. The van der Waals surface area contributed by atoms with Gasteiger partial charge in [0.05, 0.1) is 12.8 Å². The lowest BCUT2D eigenvalue weighted by Gasteiger charge is -2.17. The molecular formula is C15H17N5O. The molecule has 2 N–H and O–H groups in total. The smallest absolute Gasteiger partial charge is 0.254 e. The molecule has 21 heavy (non-hydrogen) atoms. The van der Waals surface area contributed by atoms with E-state index in [1.807, 2.05) is 24.3 Å². The second-order valence-electron chi connectivity index (χ2n) is 5.08. The maximum absolute atomic E-state index is 6.32. The van der Waals surface area contributed by atoms with E-state index < -0.39 is 0 Å². The van der Waals surface area contributed by atoms with Crippen molar-refractivity contribution < 1.29 is 4.74 Å². The Balaban J connectivity index is 2.39. The molecule has 3 aromatic rings. The average Bonchev–Trinajstić information content (AvgIpc) is 2.96. The van der Waals surface area contributed by atoms with Crippen LogP contribution < -0.4 is 10.5 Å². The first-order valence-electron chi connectivity index (χ1n) is 6.76. The molecule has 1 aromatic carbocycles. The fourth-order valence-corrected chi connectivity index (χ4v) is 2.43. The summed E-state index contributed by atoms with van der Waals surface area (Å²) < 4.78 is 7.00. The molecule has 3 rings (SSSR count). The number of nitrogen functional groups attached to an aromatic ring is 1. The molecule has 0 spiro atoms. The molecule has 0 atom stereocenters. The van der Waals surface area contributed by atoms with Gasteiger partial charge >= 0.3 is 0 Å². The number of para-hydroxylation sites is 1. The number of aromatic nitrogens is 4. The van der Waals surface area contributed by atoms with Crippen molar-refractivity contribution in [3.05, 3.63) is 36.3 Å². The Morgan fingerprint density at radius 3 is 2.71 bits per heavy atom. The van der Waals surface area contributed by atoms with Crippen LogP contribution in [0.1, 0.15) is 25.5 Å². The topological polar surface area (TPSA) is 78.3 Å². The summed E-state index contributed by atoms with van der Waals surface area (Å²) in [6, 6.07) is 7.76. The molecule has 2 heterocycles. The van der Waals surface area contributed by atoms with Crippen molar-refractivity contribution in [3.63, 3.8) is 0 Å². The van der Waals surface area contributed by atoms with Gasteiger partial charge in [0.25, 0.3) is 5.78 Å². The largest absolute Gasteiger partial charge is 0.496 e. The highest BCUT2D eigenvalue weighted by Gasteiger charge is 2.20. The standard InChI is InChI=1S/C15H17N5O/c1-9(2)13-12(10-6-4-5-7-11(10)21-3)14(16)20-15(19-13)17-8-18-20/h4-9H,16H2,1-3H3. The monoisotopic (exact) mass is 283 g/mol. The van der Waals surface area contributed by atoms with E-state index in [1.54, 1.807) is 11.6 Å². The number of benzene rings is 1. The van der Waals surface area contributed by atoms with E-state index in [0.717, 1.165) is 22.6 Å². The third kappa shape index (κ3) is 2.08. The zero-order valence-corrected chi connectivity index (χ0v) is 12.2. The van der Waals surface area contributed by atoms with Crippen LogP contribution in [0.2, 0.25) is 0 Å². The van der Waals surface area contributed by atoms with Gasteiger partial charge in [-0.2, -0.15) is 14.6 Å². The number of methoxy groups -OCH3 is 1. The zero-order chi connectivity index (χ0) is 15.0. The van der Waals surface area contributed by atoms with Gasteiger partial charge in [-0.15, -0.1) is 0 Å². The molecule has 0 amide bonds. The van der Waals surface area contributed by atoms with Crippen LogP contribution >= 0.6 is 0 Å². The number of ether oxygens (including phenoxy) is 1. The minimum atomic E-state index is 0.203. The van der Waals surface area contributed by atoms with Crippen LogP contribution in [0, 0.1) is 0 Å². The normalized spacial score (nSPS) is 11.2. The highest BCUT2D eigenvalue weighted by atomic mass is 16.5. The van der Waals surface area contributed by atoms with Gasteiger partial charge in [0.1, 0.15) is 17.9 Å². The SMILES string of the molecule is COc1ccccc1-c1c(C(C)C)nc2ncnn2c1N. The van der Waals surface area contributed by atoms with E-state index in [1.165, 1.54) is 6.33 Å². The molecule has 0 saturated heterocycles. The summed E-state index contributed by atoms with van der Waals surface area (Å²) in [4.78, 5) is 8.73. The summed E-state index contributed by atoms with van der Waals surface area (Å²) in [7, 11) is 1.64. The van der Waals surface area contributed by atoms with Gasteiger partial charge in [-0.25, -0.2) is 4.98 Å². The van der Waals surface area contributed by atoms with Crippen LogP contribution in [0.15, 0.2) is 30.6 Å². The van der Waals surface area contributed by atoms with Crippen LogP contribution in [0.4, 0.5) is 5.82 Å². The van der Waals surface area contributed by atoms with Crippen LogP contribution in [0.5, 0.6) is 5.75 Å². The fourth-order valence-electron chi connectivity index (χ4n) is 2.43. The lowest BCUT2D eigenvalue weighted by Crippen LogP contribution is -2.09. The third-order valence-corrected chi connectivity index (χ3v) is 3.41. The second kappa shape index (κ2) is 5.05. The van der Waals surface area contributed by atoms with Gasteiger partial charge in [0, 0.05) is 11.1 Å². The van der Waals surface area contributed by atoms with E-state index in [-0.39, 0.29) is 5.92 Å². The molecule has 0 aliphatic heterocycles. The molecule has 108 valence electrons. The number of anilines is 1. The fraction of sp³-hybridized carbons (Fsp3) is 0.267. The number of nitrogens with zero attached hydrogens (tertiary/aromatic N) is 4. The van der Waals surface area contributed by atoms with Gasteiger partial charge in [0.2, 0.25) is 0 Å². The molecule has 0 fully saturated rings. The summed E-state index contributed by atoms with van der Waals surface area (Å²) >= 11 is 0. The predicted molar refractivity (Wildman–Crippen MR) is 81.3 cm³/mol. The van der Waals surface area contributed by atoms with Gasteiger partial charge in [0.15, 0.2) is 0 Å². The summed E-state index contributed by atoms with van der Waals surface area (Å²) in [6.07, 6.45) is 1.45. The quantitative estimate of drug-likeness (QED) is 0.799. The van der Waals surface area contributed by atoms with Crippen molar-refractivity contribution in [2.75, 3.05) is 12.8 Å². The Bertz CT molecular complexity index is 794. The van der Waals surface area contributed by atoms with Gasteiger partial charge in [-0.05, 0) is 12.0 Å². The van der Waals surface area contributed by atoms with Crippen LogP contribution in [-0.4, -0.2) is 26.7 Å². The zero-order valence-electron chi connectivity index (χ0n) is 12.2. The van der Waals surface area contributed by atoms with E-state index in [4.69, 9.17) is 10.5 Å². The first-order chi connectivity index (χ1) is 10.1.